The fourth-order valence-corrected chi connectivity index (χ4v) is 3.37. The molecule has 1 aromatic heterocycles. The van der Waals surface area contributed by atoms with Gasteiger partial charge < -0.3 is 15.1 Å². The lowest BCUT2D eigenvalue weighted by Gasteiger charge is -2.35. The van der Waals surface area contributed by atoms with E-state index in [1.807, 2.05) is 0 Å². The van der Waals surface area contributed by atoms with Gasteiger partial charge in [0.15, 0.2) is 5.13 Å². The number of anilines is 1. The highest BCUT2D eigenvalue weighted by Crippen LogP contribution is 2.24. The Bertz CT molecular complexity index is 424. The van der Waals surface area contributed by atoms with E-state index in [1.54, 1.807) is 11.3 Å². The quantitative estimate of drug-likeness (QED) is 0.925. The molecule has 1 atom stereocenters. The SMILES string of the molecule is CN1CCCC(N(C)c2nc(CNC(C)(C)C)cs2)C1. The Kier molecular flexibility index (Phi) is 5.04. The van der Waals surface area contributed by atoms with Gasteiger partial charge in [-0.1, -0.05) is 0 Å². The summed E-state index contributed by atoms with van der Waals surface area (Å²) in [5, 5.41) is 6.82. The van der Waals surface area contributed by atoms with Gasteiger partial charge in [0, 0.05) is 37.1 Å². The number of likely N-dealkylation sites (tertiary alicyclic amines) is 1. The Labute approximate surface area is 127 Å². The van der Waals surface area contributed by atoms with Gasteiger partial charge >= 0.3 is 0 Å². The molecule has 0 spiro atoms. The smallest absolute Gasteiger partial charge is 0.185 e. The van der Waals surface area contributed by atoms with Crippen molar-refractivity contribution in [2.75, 3.05) is 32.1 Å². The molecule has 20 heavy (non-hydrogen) atoms. The molecule has 1 fully saturated rings. The second-order valence-electron chi connectivity index (χ2n) is 6.89. The summed E-state index contributed by atoms with van der Waals surface area (Å²) >= 11 is 1.76. The number of hydrogen-bond acceptors (Lipinski definition) is 5. The van der Waals surface area contributed by atoms with E-state index in [4.69, 9.17) is 4.98 Å². The summed E-state index contributed by atoms with van der Waals surface area (Å²) in [6.07, 6.45) is 2.56. The Morgan fingerprint density at radius 1 is 1.50 bits per heavy atom. The molecule has 5 heteroatoms. The summed E-state index contributed by atoms with van der Waals surface area (Å²) in [5.74, 6) is 0. The Hall–Kier alpha value is -0.650. The van der Waals surface area contributed by atoms with E-state index >= 15 is 0 Å². The van der Waals surface area contributed by atoms with Crippen molar-refractivity contribution in [3.8, 4) is 0 Å². The minimum Gasteiger partial charge on any atom is -0.347 e. The standard InChI is InChI=1S/C15H28N4S/c1-15(2,3)16-9-12-11-20-14(17-12)19(5)13-7-6-8-18(4)10-13/h11,13,16H,6-10H2,1-5H3. The van der Waals surface area contributed by atoms with Gasteiger partial charge in [-0.25, -0.2) is 4.98 Å². The van der Waals surface area contributed by atoms with E-state index in [1.165, 1.54) is 19.4 Å². The van der Waals surface area contributed by atoms with Gasteiger partial charge in [0.25, 0.3) is 0 Å². The molecule has 0 saturated carbocycles. The number of aromatic nitrogens is 1. The minimum absolute atomic E-state index is 0.141. The lowest BCUT2D eigenvalue weighted by Crippen LogP contribution is -2.45. The van der Waals surface area contributed by atoms with Gasteiger partial charge in [-0.2, -0.15) is 0 Å². The molecule has 1 aromatic rings. The van der Waals surface area contributed by atoms with Gasteiger partial charge in [0.1, 0.15) is 0 Å². The van der Waals surface area contributed by atoms with E-state index in [2.05, 4.69) is 55.4 Å². The molecule has 2 rings (SSSR count). The summed E-state index contributed by atoms with van der Waals surface area (Å²) in [6.45, 7) is 9.77. The van der Waals surface area contributed by atoms with Crippen LogP contribution in [0.2, 0.25) is 0 Å². The molecule has 114 valence electrons. The first-order valence-electron chi connectivity index (χ1n) is 7.46. The zero-order valence-corrected chi connectivity index (χ0v) is 14.3. The number of likely N-dealkylation sites (N-methyl/N-ethyl adjacent to an activating group) is 2. The zero-order valence-electron chi connectivity index (χ0n) is 13.4. The highest BCUT2D eigenvalue weighted by Gasteiger charge is 2.23. The first-order chi connectivity index (χ1) is 9.35. The fraction of sp³-hybridized carbons (Fsp3) is 0.800. The third-order valence-corrected chi connectivity index (χ3v) is 4.77. The van der Waals surface area contributed by atoms with Crippen molar-refractivity contribution in [2.45, 2.75) is 51.7 Å². The number of thiazole rings is 1. The normalized spacial score (nSPS) is 21.1. The maximum atomic E-state index is 4.78. The van der Waals surface area contributed by atoms with Crippen molar-refractivity contribution in [1.29, 1.82) is 0 Å². The van der Waals surface area contributed by atoms with Crippen LogP contribution in [-0.2, 0) is 6.54 Å². The maximum Gasteiger partial charge on any atom is 0.185 e. The van der Waals surface area contributed by atoms with Crippen molar-refractivity contribution >= 4 is 16.5 Å². The van der Waals surface area contributed by atoms with Crippen molar-refractivity contribution in [3.05, 3.63) is 11.1 Å². The van der Waals surface area contributed by atoms with Gasteiger partial charge in [-0.05, 0) is 47.2 Å². The molecule has 1 N–H and O–H groups in total. The Morgan fingerprint density at radius 3 is 2.90 bits per heavy atom. The van der Waals surface area contributed by atoms with Crippen LogP contribution in [0.5, 0.6) is 0 Å². The van der Waals surface area contributed by atoms with Crippen molar-refractivity contribution in [2.24, 2.45) is 0 Å². The van der Waals surface area contributed by atoms with Gasteiger partial charge in [0.05, 0.1) is 5.69 Å². The highest BCUT2D eigenvalue weighted by atomic mass is 32.1. The lowest BCUT2D eigenvalue weighted by molar-refractivity contribution is 0.248. The van der Waals surface area contributed by atoms with Gasteiger partial charge in [-0.15, -0.1) is 11.3 Å². The van der Waals surface area contributed by atoms with Crippen LogP contribution < -0.4 is 10.2 Å². The van der Waals surface area contributed by atoms with Crippen molar-refractivity contribution in [3.63, 3.8) is 0 Å². The topological polar surface area (TPSA) is 31.4 Å². The van der Waals surface area contributed by atoms with Gasteiger partial charge in [0.2, 0.25) is 0 Å². The van der Waals surface area contributed by atoms with Crippen LogP contribution in [0, 0.1) is 0 Å². The molecule has 0 amide bonds. The number of nitrogens with one attached hydrogen (secondary N) is 1. The van der Waals surface area contributed by atoms with E-state index in [-0.39, 0.29) is 5.54 Å². The summed E-state index contributed by atoms with van der Waals surface area (Å²) in [6, 6.07) is 0.600. The number of hydrogen-bond donors (Lipinski definition) is 1. The van der Waals surface area contributed by atoms with Crippen LogP contribution in [0.25, 0.3) is 0 Å². The third-order valence-electron chi connectivity index (χ3n) is 3.79. The lowest BCUT2D eigenvalue weighted by atomic mass is 10.1. The van der Waals surface area contributed by atoms with Crippen LogP contribution in [0.15, 0.2) is 5.38 Å². The van der Waals surface area contributed by atoms with Crippen LogP contribution in [0.1, 0.15) is 39.3 Å². The molecule has 2 heterocycles. The molecular weight excluding hydrogens is 268 g/mol. The summed E-state index contributed by atoms with van der Waals surface area (Å²) in [5.41, 5.74) is 1.29. The van der Waals surface area contributed by atoms with Crippen molar-refractivity contribution in [1.82, 2.24) is 15.2 Å². The average molecular weight is 296 g/mol. The zero-order chi connectivity index (χ0) is 14.8. The second kappa shape index (κ2) is 6.41. The molecule has 0 bridgehead atoms. The first kappa shape index (κ1) is 15.7. The summed E-state index contributed by atoms with van der Waals surface area (Å²) in [7, 11) is 4.39. The van der Waals surface area contributed by atoms with Crippen LogP contribution >= 0.6 is 11.3 Å². The molecular formula is C15H28N4S. The third kappa shape index (κ3) is 4.43. The fourth-order valence-electron chi connectivity index (χ4n) is 2.51. The monoisotopic (exact) mass is 296 g/mol. The minimum atomic E-state index is 0.141. The molecule has 0 aliphatic carbocycles. The summed E-state index contributed by atoms with van der Waals surface area (Å²) < 4.78 is 0. The Morgan fingerprint density at radius 2 is 2.25 bits per heavy atom. The van der Waals surface area contributed by atoms with Crippen LogP contribution in [0.3, 0.4) is 0 Å². The average Bonchev–Trinajstić information content (AvgIpc) is 2.83. The predicted molar refractivity (Wildman–Crippen MR) is 87.6 cm³/mol. The largest absolute Gasteiger partial charge is 0.347 e. The Balaban J connectivity index is 1.93. The van der Waals surface area contributed by atoms with E-state index in [0.29, 0.717) is 6.04 Å². The first-order valence-corrected chi connectivity index (χ1v) is 8.34. The van der Waals surface area contributed by atoms with E-state index < -0.39 is 0 Å². The van der Waals surface area contributed by atoms with E-state index in [9.17, 15) is 0 Å². The number of piperidine rings is 1. The number of nitrogens with zero attached hydrogens (tertiary/aromatic N) is 3. The molecule has 1 unspecified atom stereocenters. The molecule has 1 aliphatic rings. The van der Waals surface area contributed by atoms with Crippen LogP contribution in [-0.4, -0.2) is 48.6 Å². The number of rotatable bonds is 4. The van der Waals surface area contributed by atoms with Crippen molar-refractivity contribution < 1.29 is 0 Å². The maximum absolute atomic E-state index is 4.78. The molecule has 4 nitrogen and oxygen atoms in total. The van der Waals surface area contributed by atoms with Crippen LogP contribution in [0.4, 0.5) is 5.13 Å². The molecule has 1 saturated heterocycles. The van der Waals surface area contributed by atoms with E-state index in [0.717, 1.165) is 23.9 Å². The molecule has 1 aliphatic heterocycles. The summed E-state index contributed by atoms with van der Waals surface area (Å²) in [4.78, 5) is 9.56. The highest BCUT2D eigenvalue weighted by molar-refractivity contribution is 7.13. The van der Waals surface area contributed by atoms with Gasteiger partial charge in [-0.3, -0.25) is 0 Å². The molecule has 0 aromatic carbocycles. The molecule has 0 radical (unpaired) electrons. The predicted octanol–water partition coefficient (Wildman–Crippen LogP) is 2.56. The second-order valence-corrected chi connectivity index (χ2v) is 7.73.